The predicted octanol–water partition coefficient (Wildman–Crippen LogP) is 2.85. The second-order valence-corrected chi connectivity index (χ2v) is 7.36. The van der Waals surface area contributed by atoms with E-state index in [-0.39, 0.29) is 11.9 Å². The molecule has 7 heteroatoms. The first-order chi connectivity index (χ1) is 13.7. The molecule has 0 radical (unpaired) electrons. The molecular formula is C21H22ClN5O. The van der Waals surface area contributed by atoms with Gasteiger partial charge in [-0.25, -0.2) is 9.97 Å². The normalized spacial score (nSPS) is 16.7. The maximum atomic E-state index is 12.4. The Morgan fingerprint density at radius 3 is 2.82 bits per heavy atom. The van der Waals surface area contributed by atoms with E-state index >= 15 is 0 Å². The smallest absolute Gasteiger partial charge is 0.233 e. The highest BCUT2D eigenvalue weighted by Crippen LogP contribution is 2.16. The van der Waals surface area contributed by atoms with Gasteiger partial charge in [-0.1, -0.05) is 23.7 Å². The number of nitrogens with one attached hydrogen (secondary N) is 1. The molecule has 1 aliphatic heterocycles. The van der Waals surface area contributed by atoms with Gasteiger partial charge in [-0.15, -0.1) is 0 Å². The molecule has 0 bridgehead atoms. The van der Waals surface area contributed by atoms with Crippen molar-refractivity contribution < 1.29 is 4.79 Å². The van der Waals surface area contributed by atoms with Crippen LogP contribution in [0.2, 0.25) is 5.02 Å². The second-order valence-electron chi connectivity index (χ2n) is 6.92. The van der Waals surface area contributed by atoms with E-state index in [1.165, 1.54) is 0 Å². The number of likely N-dealkylation sites (tertiary alicyclic amines) is 1. The fraction of sp³-hybridized carbons (Fsp3) is 0.286. The van der Waals surface area contributed by atoms with Crippen molar-refractivity contribution in [2.75, 3.05) is 13.1 Å². The van der Waals surface area contributed by atoms with Gasteiger partial charge in [0.2, 0.25) is 11.9 Å². The van der Waals surface area contributed by atoms with E-state index in [0.29, 0.717) is 25.5 Å². The highest BCUT2D eigenvalue weighted by Gasteiger charge is 2.28. The van der Waals surface area contributed by atoms with Crippen LogP contribution in [0.4, 0.5) is 0 Å². The van der Waals surface area contributed by atoms with Crippen LogP contribution in [0.25, 0.3) is 5.95 Å². The van der Waals surface area contributed by atoms with Crippen LogP contribution in [-0.2, 0) is 17.8 Å². The number of carbonyl (C=O) groups excluding carboxylic acids is 1. The van der Waals surface area contributed by atoms with Crippen LogP contribution < -0.4 is 5.32 Å². The molecule has 2 aromatic heterocycles. The summed E-state index contributed by atoms with van der Waals surface area (Å²) in [7, 11) is 0. The minimum atomic E-state index is 0.145. The lowest BCUT2D eigenvalue weighted by molar-refractivity contribution is -0.127. The first-order valence-corrected chi connectivity index (χ1v) is 9.76. The van der Waals surface area contributed by atoms with Crippen LogP contribution in [0.3, 0.4) is 0 Å². The zero-order chi connectivity index (χ0) is 19.3. The number of amides is 1. The quantitative estimate of drug-likeness (QED) is 0.668. The van der Waals surface area contributed by atoms with Gasteiger partial charge in [0.1, 0.15) is 0 Å². The average Bonchev–Trinajstić information content (AvgIpc) is 3.32. The van der Waals surface area contributed by atoms with Crippen molar-refractivity contribution >= 4 is 17.5 Å². The number of rotatable bonds is 7. The molecule has 3 aromatic rings. The molecule has 1 saturated heterocycles. The molecule has 28 heavy (non-hydrogen) atoms. The van der Waals surface area contributed by atoms with E-state index in [4.69, 9.17) is 11.6 Å². The van der Waals surface area contributed by atoms with Gasteiger partial charge in [-0.2, -0.15) is 0 Å². The molecule has 1 amide bonds. The Morgan fingerprint density at radius 1 is 1.14 bits per heavy atom. The molecule has 144 valence electrons. The van der Waals surface area contributed by atoms with E-state index in [1.807, 2.05) is 52.1 Å². The van der Waals surface area contributed by atoms with Gasteiger partial charge >= 0.3 is 0 Å². The molecular weight excluding hydrogens is 374 g/mol. The molecule has 6 nitrogen and oxygen atoms in total. The first kappa shape index (κ1) is 18.7. The maximum absolute atomic E-state index is 12.4. The number of hydrogen-bond donors (Lipinski definition) is 1. The van der Waals surface area contributed by atoms with Gasteiger partial charge in [0.25, 0.3) is 0 Å². The fourth-order valence-electron chi connectivity index (χ4n) is 3.50. The van der Waals surface area contributed by atoms with Crippen molar-refractivity contribution in [3.8, 4) is 5.95 Å². The lowest BCUT2D eigenvalue weighted by atomic mass is 10.1. The summed E-state index contributed by atoms with van der Waals surface area (Å²) in [5, 5.41) is 4.23. The van der Waals surface area contributed by atoms with Gasteiger partial charge < -0.3 is 10.2 Å². The summed E-state index contributed by atoms with van der Waals surface area (Å²) in [6, 6.07) is 13.8. The number of benzene rings is 1. The number of aromatic nitrogens is 3. The Bertz CT molecular complexity index is 943. The lowest BCUT2D eigenvalue weighted by Gasteiger charge is -2.17. The fourth-order valence-corrected chi connectivity index (χ4v) is 3.71. The third kappa shape index (κ3) is 4.40. The average molecular weight is 396 g/mol. The number of halogens is 1. The van der Waals surface area contributed by atoms with Gasteiger partial charge in [0.05, 0.1) is 0 Å². The Morgan fingerprint density at radius 2 is 2.00 bits per heavy atom. The Hall–Kier alpha value is -2.70. The van der Waals surface area contributed by atoms with E-state index in [2.05, 4.69) is 15.3 Å². The Labute approximate surface area is 169 Å². The molecule has 0 saturated carbocycles. The second kappa shape index (κ2) is 8.54. The SMILES string of the molecule is O=C1CC(NCc2cccn2-c2ncccn2)CN1CCc1cccc(Cl)c1. The molecule has 1 N–H and O–H groups in total. The highest BCUT2D eigenvalue weighted by atomic mass is 35.5. The molecule has 3 heterocycles. The minimum Gasteiger partial charge on any atom is -0.341 e. The molecule has 1 aromatic carbocycles. The zero-order valence-electron chi connectivity index (χ0n) is 15.5. The summed E-state index contributed by atoms with van der Waals surface area (Å²) in [5.41, 5.74) is 2.22. The molecule has 0 spiro atoms. The van der Waals surface area contributed by atoms with Crippen molar-refractivity contribution in [2.24, 2.45) is 0 Å². The minimum absolute atomic E-state index is 0.145. The van der Waals surface area contributed by atoms with Crippen LogP contribution in [0.5, 0.6) is 0 Å². The predicted molar refractivity (Wildman–Crippen MR) is 108 cm³/mol. The third-order valence-corrected chi connectivity index (χ3v) is 5.18. The van der Waals surface area contributed by atoms with Crippen LogP contribution in [0, 0.1) is 0 Å². The maximum Gasteiger partial charge on any atom is 0.233 e. The van der Waals surface area contributed by atoms with Gasteiger partial charge in [-0.3, -0.25) is 9.36 Å². The summed E-state index contributed by atoms with van der Waals surface area (Å²) < 4.78 is 1.96. The topological polar surface area (TPSA) is 63.1 Å². The summed E-state index contributed by atoms with van der Waals surface area (Å²) in [6.07, 6.45) is 6.74. The lowest BCUT2D eigenvalue weighted by Crippen LogP contribution is -2.33. The van der Waals surface area contributed by atoms with Crippen molar-refractivity contribution in [1.29, 1.82) is 0 Å². The van der Waals surface area contributed by atoms with Crippen molar-refractivity contribution in [1.82, 2.24) is 24.8 Å². The monoisotopic (exact) mass is 395 g/mol. The van der Waals surface area contributed by atoms with Crippen molar-refractivity contribution in [3.63, 3.8) is 0 Å². The molecule has 1 unspecified atom stereocenters. The van der Waals surface area contributed by atoms with Crippen molar-refractivity contribution in [3.05, 3.63) is 77.3 Å². The molecule has 4 rings (SSSR count). The van der Waals surface area contributed by atoms with E-state index in [9.17, 15) is 4.79 Å². The standard InChI is InChI=1S/C21H22ClN5O/c22-17-5-1-4-16(12-17)7-11-26-15-18(13-20(26)28)25-14-19-6-2-10-27(19)21-23-8-3-9-24-21/h1-6,8-10,12,18,25H,7,11,13-15H2. The highest BCUT2D eigenvalue weighted by molar-refractivity contribution is 6.30. The summed E-state index contributed by atoms with van der Waals surface area (Å²) >= 11 is 6.04. The van der Waals surface area contributed by atoms with Crippen LogP contribution in [0.1, 0.15) is 17.7 Å². The molecule has 0 aliphatic carbocycles. The van der Waals surface area contributed by atoms with Gasteiger partial charge in [0, 0.05) is 61.4 Å². The van der Waals surface area contributed by atoms with Crippen LogP contribution in [-0.4, -0.2) is 44.5 Å². The summed E-state index contributed by atoms with van der Waals surface area (Å²) in [6.45, 7) is 2.10. The van der Waals surface area contributed by atoms with Gasteiger partial charge in [0.15, 0.2) is 0 Å². The number of carbonyl (C=O) groups is 1. The van der Waals surface area contributed by atoms with Crippen LogP contribution >= 0.6 is 11.6 Å². The molecule has 1 aliphatic rings. The van der Waals surface area contributed by atoms with E-state index < -0.39 is 0 Å². The Kier molecular flexibility index (Phi) is 5.69. The molecule has 1 atom stereocenters. The summed E-state index contributed by atoms with van der Waals surface area (Å²) in [5.74, 6) is 0.844. The first-order valence-electron chi connectivity index (χ1n) is 9.38. The van der Waals surface area contributed by atoms with Crippen LogP contribution in [0.15, 0.2) is 61.1 Å². The number of hydrogen-bond acceptors (Lipinski definition) is 4. The zero-order valence-corrected chi connectivity index (χ0v) is 16.2. The third-order valence-electron chi connectivity index (χ3n) is 4.95. The largest absolute Gasteiger partial charge is 0.341 e. The van der Waals surface area contributed by atoms with E-state index in [0.717, 1.165) is 29.2 Å². The van der Waals surface area contributed by atoms with Crippen molar-refractivity contribution in [2.45, 2.75) is 25.4 Å². The Balaban J connectivity index is 1.31. The molecule has 1 fully saturated rings. The van der Waals surface area contributed by atoms with E-state index in [1.54, 1.807) is 18.5 Å². The number of nitrogens with zero attached hydrogens (tertiary/aromatic N) is 4. The summed E-state index contributed by atoms with van der Waals surface area (Å²) in [4.78, 5) is 22.9. The van der Waals surface area contributed by atoms with Gasteiger partial charge in [-0.05, 0) is 42.3 Å².